The first-order chi connectivity index (χ1) is 12.5. The number of hydrogen-bond donors (Lipinski definition) is 1. The monoisotopic (exact) mass is 359 g/mol. The van der Waals surface area contributed by atoms with Gasteiger partial charge in [0.2, 0.25) is 5.76 Å². The van der Waals surface area contributed by atoms with Gasteiger partial charge in [0.25, 0.3) is 0 Å². The molecule has 0 aliphatic rings. The molecule has 0 aliphatic carbocycles. The molecule has 0 spiro atoms. The standard InChI is InChI=1S/C18H17NO7/c1-23-16(20)10-13(17(21)24-2)19-12-6-4-5-11(9-12)14-7-8-15(26-14)18(22)25-3/h4-10,19H,1-3H3/b13-10+. The number of anilines is 1. The van der Waals surface area contributed by atoms with Crippen molar-refractivity contribution in [1.82, 2.24) is 0 Å². The van der Waals surface area contributed by atoms with Crippen LogP contribution in [0.15, 0.2) is 52.6 Å². The maximum atomic E-state index is 11.8. The van der Waals surface area contributed by atoms with Crippen LogP contribution in [0, 0.1) is 0 Å². The fraction of sp³-hybridized carbons (Fsp3) is 0.167. The summed E-state index contributed by atoms with van der Waals surface area (Å²) in [7, 11) is 3.66. The molecule has 26 heavy (non-hydrogen) atoms. The van der Waals surface area contributed by atoms with Gasteiger partial charge in [-0.25, -0.2) is 14.4 Å². The van der Waals surface area contributed by atoms with Crippen LogP contribution in [0.4, 0.5) is 5.69 Å². The highest BCUT2D eigenvalue weighted by atomic mass is 16.5. The number of carbonyl (C=O) groups excluding carboxylic acids is 3. The summed E-state index contributed by atoms with van der Waals surface area (Å²) in [6, 6.07) is 9.95. The molecule has 0 atom stereocenters. The molecule has 1 heterocycles. The first kappa shape index (κ1) is 18.8. The molecule has 0 aliphatic heterocycles. The number of rotatable bonds is 6. The smallest absolute Gasteiger partial charge is 0.373 e. The predicted octanol–water partition coefficient (Wildman–Crippen LogP) is 2.38. The molecule has 0 radical (unpaired) electrons. The molecule has 2 rings (SSSR count). The lowest BCUT2D eigenvalue weighted by Crippen LogP contribution is -2.15. The van der Waals surface area contributed by atoms with Gasteiger partial charge in [0.05, 0.1) is 27.4 Å². The van der Waals surface area contributed by atoms with Gasteiger partial charge in [-0.05, 0) is 24.3 Å². The van der Waals surface area contributed by atoms with Crippen LogP contribution >= 0.6 is 0 Å². The predicted molar refractivity (Wildman–Crippen MR) is 91.2 cm³/mol. The van der Waals surface area contributed by atoms with Crippen LogP contribution in [0.2, 0.25) is 0 Å². The van der Waals surface area contributed by atoms with Crippen LogP contribution in [0.1, 0.15) is 10.6 Å². The zero-order valence-electron chi connectivity index (χ0n) is 14.4. The highest BCUT2D eigenvalue weighted by Gasteiger charge is 2.15. The average molecular weight is 359 g/mol. The zero-order valence-corrected chi connectivity index (χ0v) is 14.4. The number of benzene rings is 1. The molecule has 2 aromatic rings. The Morgan fingerprint density at radius 2 is 1.77 bits per heavy atom. The van der Waals surface area contributed by atoms with Crippen molar-refractivity contribution < 1.29 is 33.0 Å². The van der Waals surface area contributed by atoms with Gasteiger partial charge in [-0.3, -0.25) is 0 Å². The van der Waals surface area contributed by atoms with Crippen LogP contribution in [0.5, 0.6) is 0 Å². The SMILES string of the molecule is COC(=O)/C=C(/Nc1cccc(-c2ccc(C(=O)OC)o2)c1)C(=O)OC. The number of hydrogen-bond acceptors (Lipinski definition) is 8. The van der Waals surface area contributed by atoms with E-state index in [-0.39, 0.29) is 11.5 Å². The van der Waals surface area contributed by atoms with E-state index in [1.807, 2.05) is 0 Å². The quantitative estimate of drug-likeness (QED) is 0.476. The lowest BCUT2D eigenvalue weighted by molar-refractivity contribution is -0.138. The minimum absolute atomic E-state index is 0.0710. The molecule has 8 heteroatoms. The summed E-state index contributed by atoms with van der Waals surface area (Å²) in [4.78, 5) is 34.7. The lowest BCUT2D eigenvalue weighted by Gasteiger charge is -2.10. The van der Waals surface area contributed by atoms with E-state index < -0.39 is 17.9 Å². The van der Waals surface area contributed by atoms with Gasteiger partial charge in [0, 0.05) is 11.3 Å². The summed E-state index contributed by atoms with van der Waals surface area (Å²) >= 11 is 0. The summed E-state index contributed by atoms with van der Waals surface area (Å²) in [5.41, 5.74) is 1.05. The molecule has 1 N–H and O–H groups in total. The summed E-state index contributed by atoms with van der Waals surface area (Å²) in [6.45, 7) is 0. The van der Waals surface area contributed by atoms with Crippen molar-refractivity contribution in [2.75, 3.05) is 26.6 Å². The van der Waals surface area contributed by atoms with E-state index in [4.69, 9.17) is 4.42 Å². The third-order valence-corrected chi connectivity index (χ3v) is 3.29. The van der Waals surface area contributed by atoms with E-state index in [1.165, 1.54) is 27.4 Å². The van der Waals surface area contributed by atoms with Gasteiger partial charge in [-0.15, -0.1) is 0 Å². The Balaban J connectivity index is 2.29. The Hall–Kier alpha value is -3.55. The second-order valence-corrected chi connectivity index (χ2v) is 4.93. The Morgan fingerprint density at radius 3 is 2.42 bits per heavy atom. The molecule has 136 valence electrons. The fourth-order valence-electron chi connectivity index (χ4n) is 2.04. The van der Waals surface area contributed by atoms with Crippen molar-refractivity contribution in [1.29, 1.82) is 0 Å². The molecule has 1 aromatic heterocycles. The van der Waals surface area contributed by atoms with E-state index in [0.29, 0.717) is 17.0 Å². The molecule has 0 saturated heterocycles. The van der Waals surface area contributed by atoms with Crippen LogP contribution in [-0.4, -0.2) is 39.2 Å². The largest absolute Gasteiger partial charge is 0.466 e. The third kappa shape index (κ3) is 4.50. The zero-order chi connectivity index (χ0) is 19.1. The number of nitrogens with one attached hydrogen (secondary N) is 1. The highest BCUT2D eigenvalue weighted by Crippen LogP contribution is 2.25. The summed E-state index contributed by atoms with van der Waals surface area (Å²) in [6.07, 6.45) is 0.987. The molecule has 0 amide bonds. The van der Waals surface area contributed by atoms with E-state index in [2.05, 4.69) is 19.5 Å². The topological polar surface area (TPSA) is 104 Å². The number of furan rings is 1. The van der Waals surface area contributed by atoms with E-state index >= 15 is 0 Å². The van der Waals surface area contributed by atoms with Crippen LogP contribution in [0.3, 0.4) is 0 Å². The van der Waals surface area contributed by atoms with Crippen molar-refractivity contribution in [3.63, 3.8) is 0 Å². The Labute approximate surface area is 149 Å². The highest BCUT2D eigenvalue weighted by molar-refractivity contribution is 5.98. The fourth-order valence-corrected chi connectivity index (χ4v) is 2.04. The van der Waals surface area contributed by atoms with Gasteiger partial charge in [-0.2, -0.15) is 0 Å². The van der Waals surface area contributed by atoms with Crippen molar-refractivity contribution >= 4 is 23.6 Å². The average Bonchev–Trinajstić information content (AvgIpc) is 3.16. The van der Waals surface area contributed by atoms with E-state index in [0.717, 1.165) is 6.08 Å². The molecule has 8 nitrogen and oxygen atoms in total. The first-order valence-electron chi connectivity index (χ1n) is 7.42. The lowest BCUT2D eigenvalue weighted by atomic mass is 10.1. The minimum Gasteiger partial charge on any atom is -0.466 e. The Morgan fingerprint density at radius 1 is 1.00 bits per heavy atom. The number of methoxy groups -OCH3 is 3. The molecular formula is C18H17NO7. The maximum absolute atomic E-state index is 11.8. The van der Waals surface area contributed by atoms with Gasteiger partial charge < -0.3 is 23.9 Å². The number of carbonyl (C=O) groups is 3. The van der Waals surface area contributed by atoms with Crippen molar-refractivity contribution in [2.24, 2.45) is 0 Å². The van der Waals surface area contributed by atoms with Gasteiger partial charge in [0.1, 0.15) is 11.5 Å². The second kappa shape index (κ2) is 8.52. The number of ether oxygens (including phenoxy) is 3. The summed E-state index contributed by atoms with van der Waals surface area (Å²) < 4.78 is 19.2. The first-order valence-corrected chi connectivity index (χ1v) is 7.42. The van der Waals surface area contributed by atoms with Crippen molar-refractivity contribution in [3.8, 4) is 11.3 Å². The van der Waals surface area contributed by atoms with E-state index in [9.17, 15) is 14.4 Å². The number of esters is 3. The minimum atomic E-state index is -0.730. The molecule has 0 fully saturated rings. The summed E-state index contributed by atoms with van der Waals surface area (Å²) in [5.74, 6) is -1.51. The van der Waals surface area contributed by atoms with E-state index in [1.54, 1.807) is 30.3 Å². The molecule has 1 aromatic carbocycles. The molecule has 0 bridgehead atoms. The molecule has 0 unspecified atom stereocenters. The van der Waals surface area contributed by atoms with Crippen LogP contribution < -0.4 is 5.32 Å². The van der Waals surface area contributed by atoms with Crippen molar-refractivity contribution in [3.05, 3.63) is 53.9 Å². The summed E-state index contributed by atoms with van der Waals surface area (Å²) in [5, 5.41) is 2.80. The second-order valence-electron chi connectivity index (χ2n) is 4.93. The molecule has 0 saturated carbocycles. The van der Waals surface area contributed by atoms with Gasteiger partial charge >= 0.3 is 17.9 Å². The Kier molecular flexibility index (Phi) is 6.15. The molecular weight excluding hydrogens is 342 g/mol. The van der Waals surface area contributed by atoms with Gasteiger partial charge in [-0.1, -0.05) is 12.1 Å². The normalized spacial score (nSPS) is 10.8. The van der Waals surface area contributed by atoms with Crippen molar-refractivity contribution in [2.45, 2.75) is 0 Å². The van der Waals surface area contributed by atoms with Gasteiger partial charge in [0.15, 0.2) is 0 Å². The maximum Gasteiger partial charge on any atom is 0.373 e. The Bertz CT molecular complexity index is 851. The van der Waals surface area contributed by atoms with Crippen LogP contribution in [0.25, 0.3) is 11.3 Å². The third-order valence-electron chi connectivity index (χ3n) is 3.29. The van der Waals surface area contributed by atoms with Crippen LogP contribution in [-0.2, 0) is 23.8 Å².